The molecule has 0 bridgehead atoms. The van der Waals surface area contributed by atoms with Gasteiger partial charge < -0.3 is 4.98 Å². The number of hydrogen-bond acceptors (Lipinski definition) is 1. The van der Waals surface area contributed by atoms with E-state index in [1.54, 1.807) is 6.07 Å². The van der Waals surface area contributed by atoms with Gasteiger partial charge >= 0.3 is 0 Å². The maximum absolute atomic E-state index is 12.9. The third-order valence-electron chi connectivity index (χ3n) is 2.37. The first-order valence-electron chi connectivity index (χ1n) is 4.88. The molecule has 0 unspecified atom stereocenters. The number of aromatic nitrogens is 2. The number of halogens is 2. The van der Waals surface area contributed by atoms with Gasteiger partial charge in [0.15, 0.2) is 4.77 Å². The van der Waals surface area contributed by atoms with Crippen LogP contribution < -0.4 is 0 Å². The van der Waals surface area contributed by atoms with Crippen molar-refractivity contribution in [1.29, 1.82) is 0 Å². The summed E-state index contributed by atoms with van der Waals surface area (Å²) >= 11 is 11.2. The van der Waals surface area contributed by atoms with Crippen molar-refractivity contribution in [2.45, 2.75) is 13.3 Å². The van der Waals surface area contributed by atoms with Crippen LogP contribution in [0.4, 0.5) is 4.39 Å². The molecule has 2 aromatic rings. The average Bonchev–Trinajstić information content (AvgIpc) is 2.60. The highest BCUT2D eigenvalue weighted by atomic mass is 35.5. The van der Waals surface area contributed by atoms with E-state index in [1.807, 2.05) is 17.7 Å². The molecule has 0 aliphatic rings. The minimum absolute atomic E-state index is 0.352. The van der Waals surface area contributed by atoms with Gasteiger partial charge in [0, 0.05) is 11.9 Å². The zero-order valence-electron chi connectivity index (χ0n) is 8.63. The van der Waals surface area contributed by atoms with E-state index in [2.05, 4.69) is 4.98 Å². The van der Waals surface area contributed by atoms with Crippen molar-refractivity contribution in [3.63, 3.8) is 0 Å². The number of rotatable bonds is 2. The van der Waals surface area contributed by atoms with E-state index in [1.165, 1.54) is 12.1 Å². The molecule has 2 nitrogen and oxygen atoms in total. The second-order valence-electron chi connectivity index (χ2n) is 3.37. The Morgan fingerprint density at radius 2 is 2.25 bits per heavy atom. The summed E-state index contributed by atoms with van der Waals surface area (Å²) in [4.78, 5) is 2.95. The van der Waals surface area contributed by atoms with E-state index in [0.29, 0.717) is 15.5 Å². The van der Waals surface area contributed by atoms with Crippen LogP contribution in [0.1, 0.15) is 12.6 Å². The number of nitrogens with one attached hydrogen (secondary N) is 1. The molecule has 84 valence electrons. The number of hydrogen-bond donors (Lipinski definition) is 1. The number of H-pyrrole nitrogens is 1. The Bertz CT molecular complexity index is 574. The number of imidazole rings is 1. The Morgan fingerprint density at radius 1 is 1.50 bits per heavy atom. The van der Waals surface area contributed by atoms with E-state index in [0.717, 1.165) is 12.1 Å². The standard InChI is InChI=1S/C11H10ClFN2S/c1-2-8-6-14-11(16)15(8)10-4-3-7(13)5-9(10)12/h3-6H,2H2,1H3,(H,14,16). The van der Waals surface area contributed by atoms with Crippen molar-refractivity contribution < 1.29 is 4.39 Å². The van der Waals surface area contributed by atoms with Gasteiger partial charge in [-0.1, -0.05) is 18.5 Å². The van der Waals surface area contributed by atoms with Crippen LogP contribution in [-0.4, -0.2) is 9.55 Å². The maximum atomic E-state index is 12.9. The Kier molecular flexibility index (Phi) is 3.12. The molecule has 0 aliphatic heterocycles. The van der Waals surface area contributed by atoms with Crippen LogP contribution in [-0.2, 0) is 6.42 Å². The fourth-order valence-electron chi connectivity index (χ4n) is 1.59. The van der Waals surface area contributed by atoms with Crippen LogP contribution in [0.15, 0.2) is 24.4 Å². The van der Waals surface area contributed by atoms with E-state index >= 15 is 0 Å². The zero-order chi connectivity index (χ0) is 11.7. The number of aromatic amines is 1. The predicted molar refractivity (Wildman–Crippen MR) is 65.3 cm³/mol. The molecule has 1 aromatic carbocycles. The normalized spacial score (nSPS) is 10.7. The van der Waals surface area contributed by atoms with Gasteiger partial charge in [-0.15, -0.1) is 0 Å². The lowest BCUT2D eigenvalue weighted by atomic mass is 10.3. The SMILES string of the molecule is CCc1c[nH]c(=S)n1-c1ccc(F)cc1Cl. The van der Waals surface area contributed by atoms with Gasteiger partial charge in [-0.2, -0.15) is 0 Å². The van der Waals surface area contributed by atoms with Crippen molar-refractivity contribution in [3.05, 3.63) is 45.7 Å². The lowest BCUT2D eigenvalue weighted by molar-refractivity contribution is 0.627. The van der Waals surface area contributed by atoms with Crippen molar-refractivity contribution in [1.82, 2.24) is 9.55 Å². The highest BCUT2D eigenvalue weighted by Crippen LogP contribution is 2.23. The molecule has 5 heteroatoms. The summed E-state index contributed by atoms with van der Waals surface area (Å²) in [7, 11) is 0. The molecular weight excluding hydrogens is 247 g/mol. The Hall–Kier alpha value is -1.13. The Labute approximate surface area is 103 Å². The fourth-order valence-corrected chi connectivity index (χ4v) is 2.12. The number of nitrogens with zero attached hydrogens (tertiary/aromatic N) is 1. The van der Waals surface area contributed by atoms with Gasteiger partial charge in [0.2, 0.25) is 0 Å². The molecule has 0 amide bonds. The molecule has 0 radical (unpaired) electrons. The largest absolute Gasteiger partial charge is 0.337 e. The first-order chi connectivity index (χ1) is 7.63. The fraction of sp³-hybridized carbons (Fsp3) is 0.182. The number of benzene rings is 1. The highest BCUT2D eigenvalue weighted by Gasteiger charge is 2.09. The Balaban J connectivity index is 2.67. The van der Waals surface area contributed by atoms with Gasteiger partial charge in [0.1, 0.15) is 5.82 Å². The van der Waals surface area contributed by atoms with E-state index in [4.69, 9.17) is 23.8 Å². The van der Waals surface area contributed by atoms with Gasteiger partial charge in [0.05, 0.1) is 10.7 Å². The highest BCUT2D eigenvalue weighted by molar-refractivity contribution is 7.71. The second kappa shape index (κ2) is 4.39. The molecule has 0 spiro atoms. The first-order valence-corrected chi connectivity index (χ1v) is 5.67. The molecule has 0 atom stereocenters. The minimum Gasteiger partial charge on any atom is -0.337 e. The summed E-state index contributed by atoms with van der Waals surface area (Å²) in [6, 6.07) is 4.28. The Morgan fingerprint density at radius 3 is 2.88 bits per heavy atom. The van der Waals surface area contributed by atoms with Crippen LogP contribution in [0, 0.1) is 10.6 Å². The van der Waals surface area contributed by atoms with E-state index in [-0.39, 0.29) is 5.82 Å². The molecular formula is C11H10ClFN2S. The lowest BCUT2D eigenvalue weighted by Gasteiger charge is -2.08. The first kappa shape index (κ1) is 11.4. The molecule has 1 N–H and O–H groups in total. The van der Waals surface area contributed by atoms with Crippen LogP contribution in [0.2, 0.25) is 5.02 Å². The molecule has 0 aliphatic carbocycles. The molecule has 0 saturated heterocycles. The lowest BCUT2D eigenvalue weighted by Crippen LogP contribution is -2.00. The smallest absolute Gasteiger partial charge is 0.182 e. The molecule has 0 fully saturated rings. The monoisotopic (exact) mass is 256 g/mol. The topological polar surface area (TPSA) is 20.7 Å². The second-order valence-corrected chi connectivity index (χ2v) is 4.16. The molecule has 0 saturated carbocycles. The van der Waals surface area contributed by atoms with Gasteiger partial charge in [0.25, 0.3) is 0 Å². The summed E-state index contributed by atoms with van der Waals surface area (Å²) < 4.78 is 15.3. The molecule has 1 aromatic heterocycles. The van der Waals surface area contributed by atoms with Gasteiger partial charge in [-0.05, 0) is 36.8 Å². The quantitative estimate of drug-likeness (QED) is 0.809. The van der Waals surface area contributed by atoms with Crippen molar-refractivity contribution in [2.24, 2.45) is 0 Å². The van der Waals surface area contributed by atoms with Crippen molar-refractivity contribution in [2.75, 3.05) is 0 Å². The molecule has 2 rings (SSSR count). The van der Waals surface area contributed by atoms with Crippen LogP contribution in [0.5, 0.6) is 0 Å². The summed E-state index contributed by atoms with van der Waals surface area (Å²) in [6.45, 7) is 2.02. The average molecular weight is 257 g/mol. The molecule has 1 heterocycles. The number of aryl methyl sites for hydroxylation is 1. The summed E-state index contributed by atoms with van der Waals surface area (Å²) in [5.74, 6) is -0.353. The molecule has 16 heavy (non-hydrogen) atoms. The van der Waals surface area contributed by atoms with Crippen LogP contribution in [0.3, 0.4) is 0 Å². The summed E-state index contributed by atoms with van der Waals surface area (Å²) in [5.41, 5.74) is 1.71. The zero-order valence-corrected chi connectivity index (χ0v) is 10.2. The van der Waals surface area contributed by atoms with E-state index < -0.39 is 0 Å². The summed E-state index contributed by atoms with van der Waals surface area (Å²) in [5, 5.41) is 0.352. The van der Waals surface area contributed by atoms with Gasteiger partial charge in [-0.3, -0.25) is 4.57 Å². The van der Waals surface area contributed by atoms with Gasteiger partial charge in [-0.25, -0.2) is 4.39 Å². The van der Waals surface area contributed by atoms with Crippen molar-refractivity contribution >= 4 is 23.8 Å². The summed E-state index contributed by atoms with van der Waals surface area (Å²) in [6.07, 6.45) is 2.66. The van der Waals surface area contributed by atoms with E-state index in [9.17, 15) is 4.39 Å². The minimum atomic E-state index is -0.353. The predicted octanol–water partition coefficient (Wildman–Crippen LogP) is 3.89. The van der Waals surface area contributed by atoms with Crippen molar-refractivity contribution in [3.8, 4) is 5.69 Å². The third kappa shape index (κ3) is 1.90. The van der Waals surface area contributed by atoms with Crippen LogP contribution in [0.25, 0.3) is 5.69 Å². The maximum Gasteiger partial charge on any atom is 0.182 e. The van der Waals surface area contributed by atoms with Crippen LogP contribution >= 0.6 is 23.8 Å². The third-order valence-corrected chi connectivity index (χ3v) is 2.97.